The smallest absolute Gasteiger partial charge is 0.0726 e. The fraction of sp³-hybridized carbons (Fsp3) is 0.438. The number of hydrogen-bond acceptors (Lipinski definition) is 3. The summed E-state index contributed by atoms with van der Waals surface area (Å²) >= 11 is 0. The molecule has 19 heavy (non-hydrogen) atoms. The Bertz CT molecular complexity index is 617. The topological polar surface area (TPSA) is 50.9 Å². The van der Waals surface area contributed by atoms with Crippen LogP contribution in [0.3, 0.4) is 0 Å². The van der Waals surface area contributed by atoms with Crippen LogP contribution in [-0.4, -0.2) is 4.98 Å². The van der Waals surface area contributed by atoms with E-state index in [2.05, 4.69) is 37.5 Å². The minimum Gasteiger partial charge on any atom is -0.323 e. The van der Waals surface area contributed by atoms with Crippen molar-refractivity contribution in [1.29, 1.82) is 0 Å². The molecule has 2 aromatic rings. The number of pyridine rings is 1. The van der Waals surface area contributed by atoms with E-state index in [1.807, 2.05) is 0 Å². The summed E-state index contributed by atoms with van der Waals surface area (Å²) in [7, 11) is 0. The molecule has 0 fully saturated rings. The molecule has 1 aromatic heterocycles. The van der Waals surface area contributed by atoms with Gasteiger partial charge >= 0.3 is 0 Å². The van der Waals surface area contributed by atoms with Gasteiger partial charge in [-0.25, -0.2) is 0 Å². The second-order valence-corrected chi connectivity index (χ2v) is 5.69. The third kappa shape index (κ3) is 2.08. The number of nitrogen functional groups attached to an aromatic ring is 1. The van der Waals surface area contributed by atoms with Crippen LogP contribution in [0.15, 0.2) is 18.2 Å². The predicted molar refractivity (Wildman–Crippen MR) is 80.3 cm³/mol. The summed E-state index contributed by atoms with van der Waals surface area (Å²) in [6, 6.07) is 6.53. The van der Waals surface area contributed by atoms with Gasteiger partial charge < -0.3 is 5.43 Å². The normalized spacial score (nSPS) is 14.7. The van der Waals surface area contributed by atoms with Crippen molar-refractivity contribution in [1.82, 2.24) is 4.98 Å². The molecule has 0 saturated heterocycles. The number of aryl methyl sites for hydroxylation is 1. The molecule has 3 N–H and O–H groups in total. The first kappa shape index (κ1) is 12.4. The van der Waals surface area contributed by atoms with Crippen molar-refractivity contribution in [2.45, 2.75) is 45.4 Å². The first-order valence-corrected chi connectivity index (χ1v) is 7.12. The summed E-state index contributed by atoms with van der Waals surface area (Å²) in [6.45, 7) is 4.42. The number of hydrogen-bond donors (Lipinski definition) is 2. The molecule has 1 aliphatic rings. The fourth-order valence-electron chi connectivity index (χ4n) is 2.97. The minimum absolute atomic E-state index is 0.519. The van der Waals surface area contributed by atoms with Crippen LogP contribution >= 0.6 is 0 Å². The van der Waals surface area contributed by atoms with Crippen molar-refractivity contribution in [2.75, 3.05) is 5.43 Å². The number of benzene rings is 1. The summed E-state index contributed by atoms with van der Waals surface area (Å²) in [5.74, 6) is 6.31. The van der Waals surface area contributed by atoms with E-state index in [9.17, 15) is 0 Å². The average molecular weight is 255 g/mol. The van der Waals surface area contributed by atoms with Crippen LogP contribution in [0, 0.1) is 0 Å². The molecule has 3 heteroatoms. The van der Waals surface area contributed by atoms with Gasteiger partial charge in [0.15, 0.2) is 0 Å². The van der Waals surface area contributed by atoms with E-state index >= 15 is 0 Å². The number of nitrogens with two attached hydrogens (primary N) is 1. The van der Waals surface area contributed by atoms with Crippen LogP contribution in [0.5, 0.6) is 0 Å². The molecular weight excluding hydrogens is 234 g/mol. The lowest BCUT2D eigenvalue weighted by atomic mass is 9.91. The lowest BCUT2D eigenvalue weighted by molar-refractivity contribution is 0.672. The molecule has 0 saturated carbocycles. The number of nitrogens with zero attached hydrogens (tertiary/aromatic N) is 1. The Balaban J connectivity index is 2.28. The van der Waals surface area contributed by atoms with Crippen LogP contribution < -0.4 is 11.3 Å². The lowest BCUT2D eigenvalue weighted by Gasteiger charge is -2.21. The summed E-state index contributed by atoms with van der Waals surface area (Å²) in [5, 5.41) is 1.16. The van der Waals surface area contributed by atoms with Crippen LogP contribution in [0.4, 0.5) is 5.69 Å². The van der Waals surface area contributed by atoms with Gasteiger partial charge in [-0.1, -0.05) is 19.9 Å². The van der Waals surface area contributed by atoms with Crippen LogP contribution in [0.25, 0.3) is 10.9 Å². The maximum absolute atomic E-state index is 5.79. The van der Waals surface area contributed by atoms with E-state index in [0.717, 1.165) is 29.4 Å². The molecule has 1 aliphatic carbocycles. The Morgan fingerprint density at radius 2 is 2.00 bits per heavy atom. The van der Waals surface area contributed by atoms with Crippen molar-refractivity contribution < 1.29 is 0 Å². The monoisotopic (exact) mass is 255 g/mol. The standard InChI is InChI=1S/C16H21N3/c1-10(2)11-7-8-15-13(9-11)16(19-17)12-5-3-4-6-14(12)18-15/h7-10H,3-6,17H2,1-2H3,(H,18,19). The molecule has 0 radical (unpaired) electrons. The van der Waals surface area contributed by atoms with Crippen molar-refractivity contribution in [3.63, 3.8) is 0 Å². The summed E-state index contributed by atoms with van der Waals surface area (Å²) in [4.78, 5) is 4.83. The van der Waals surface area contributed by atoms with Gasteiger partial charge in [0.1, 0.15) is 0 Å². The molecule has 0 amide bonds. The molecule has 1 aromatic carbocycles. The zero-order chi connectivity index (χ0) is 13.4. The van der Waals surface area contributed by atoms with Crippen molar-refractivity contribution in [3.05, 3.63) is 35.0 Å². The van der Waals surface area contributed by atoms with Gasteiger partial charge in [-0.15, -0.1) is 0 Å². The Labute approximate surface area is 114 Å². The molecule has 0 spiro atoms. The second-order valence-electron chi connectivity index (χ2n) is 5.69. The van der Waals surface area contributed by atoms with Gasteiger partial charge in [0, 0.05) is 11.1 Å². The zero-order valence-corrected chi connectivity index (χ0v) is 11.7. The van der Waals surface area contributed by atoms with E-state index in [1.54, 1.807) is 0 Å². The molecule has 100 valence electrons. The highest BCUT2D eigenvalue weighted by Gasteiger charge is 2.18. The van der Waals surface area contributed by atoms with Gasteiger partial charge in [-0.05, 0) is 54.9 Å². The first-order chi connectivity index (χ1) is 9.20. The van der Waals surface area contributed by atoms with Crippen molar-refractivity contribution >= 4 is 16.6 Å². The molecule has 0 aliphatic heterocycles. The maximum Gasteiger partial charge on any atom is 0.0726 e. The number of anilines is 1. The summed E-state index contributed by atoms with van der Waals surface area (Å²) in [5.41, 5.74) is 8.95. The number of rotatable bonds is 2. The number of fused-ring (bicyclic) bond motifs is 2. The summed E-state index contributed by atoms with van der Waals surface area (Å²) in [6.07, 6.45) is 4.63. The first-order valence-electron chi connectivity index (χ1n) is 7.12. The third-order valence-electron chi connectivity index (χ3n) is 4.10. The lowest BCUT2D eigenvalue weighted by Crippen LogP contribution is -2.15. The SMILES string of the molecule is CC(C)c1ccc2nc3c(c(NN)c2c1)CCCC3. The van der Waals surface area contributed by atoms with Crippen LogP contribution in [0.2, 0.25) is 0 Å². The van der Waals surface area contributed by atoms with Crippen LogP contribution in [-0.2, 0) is 12.8 Å². The minimum atomic E-state index is 0.519. The Hall–Kier alpha value is -1.61. The van der Waals surface area contributed by atoms with E-state index in [4.69, 9.17) is 10.8 Å². The van der Waals surface area contributed by atoms with Crippen molar-refractivity contribution in [2.24, 2.45) is 5.84 Å². The van der Waals surface area contributed by atoms with E-state index in [-0.39, 0.29) is 0 Å². The van der Waals surface area contributed by atoms with Gasteiger partial charge in [-0.2, -0.15) is 0 Å². The number of aromatic nitrogens is 1. The van der Waals surface area contributed by atoms with Gasteiger partial charge in [0.2, 0.25) is 0 Å². The van der Waals surface area contributed by atoms with Gasteiger partial charge in [0.25, 0.3) is 0 Å². The third-order valence-corrected chi connectivity index (χ3v) is 4.10. The van der Waals surface area contributed by atoms with Crippen molar-refractivity contribution in [3.8, 4) is 0 Å². The molecule has 3 nitrogen and oxygen atoms in total. The average Bonchev–Trinajstić information content (AvgIpc) is 2.44. The van der Waals surface area contributed by atoms with E-state index < -0.39 is 0 Å². The van der Waals surface area contributed by atoms with E-state index in [0.29, 0.717) is 5.92 Å². The molecule has 0 unspecified atom stereocenters. The second kappa shape index (κ2) is 4.82. The largest absolute Gasteiger partial charge is 0.323 e. The zero-order valence-electron chi connectivity index (χ0n) is 11.7. The molecule has 3 rings (SSSR count). The maximum atomic E-state index is 5.79. The molecule has 1 heterocycles. The quantitative estimate of drug-likeness (QED) is 0.637. The molecule has 0 bridgehead atoms. The predicted octanol–water partition coefficient (Wildman–Crippen LogP) is 3.52. The summed E-state index contributed by atoms with van der Waals surface area (Å²) < 4.78 is 0. The Morgan fingerprint density at radius 3 is 2.74 bits per heavy atom. The Morgan fingerprint density at radius 1 is 1.21 bits per heavy atom. The Kier molecular flexibility index (Phi) is 3.15. The van der Waals surface area contributed by atoms with Gasteiger partial charge in [0.05, 0.1) is 11.2 Å². The van der Waals surface area contributed by atoms with Gasteiger partial charge in [-0.3, -0.25) is 10.8 Å². The number of hydrazine groups is 1. The highest BCUT2D eigenvalue weighted by molar-refractivity contribution is 5.94. The molecule has 0 atom stereocenters. The fourth-order valence-corrected chi connectivity index (χ4v) is 2.97. The number of nitrogens with one attached hydrogen (secondary N) is 1. The highest BCUT2D eigenvalue weighted by Crippen LogP contribution is 2.34. The highest BCUT2D eigenvalue weighted by atomic mass is 15.2. The molecular formula is C16H21N3. The van der Waals surface area contributed by atoms with Crippen LogP contribution in [0.1, 0.15) is 49.4 Å². The van der Waals surface area contributed by atoms with E-state index in [1.165, 1.54) is 29.7 Å².